The summed E-state index contributed by atoms with van der Waals surface area (Å²) in [4.78, 5) is 48.8. The molecule has 0 unspecified atom stereocenters. The first-order chi connectivity index (χ1) is 16.4. The molecule has 0 bridgehead atoms. The molecular weight excluding hydrogens is 448 g/mol. The Morgan fingerprint density at radius 1 is 1.00 bits per heavy atom. The van der Waals surface area contributed by atoms with Crippen molar-refractivity contribution in [3.05, 3.63) is 99.7 Å². The van der Waals surface area contributed by atoms with E-state index in [1.165, 1.54) is 28.4 Å². The smallest absolute Gasteiger partial charge is 0.266 e. The van der Waals surface area contributed by atoms with Crippen LogP contribution in [-0.2, 0) is 6.54 Å². The minimum atomic E-state index is -0.430. The lowest BCUT2D eigenvalue weighted by atomic mass is 10.1. The van der Waals surface area contributed by atoms with Crippen molar-refractivity contribution in [1.29, 1.82) is 0 Å². The number of imide groups is 1. The number of nitrogens with zero attached hydrogens (tertiary/aromatic N) is 3. The van der Waals surface area contributed by atoms with Gasteiger partial charge in [-0.15, -0.1) is 11.3 Å². The highest BCUT2D eigenvalue weighted by atomic mass is 32.1. The summed E-state index contributed by atoms with van der Waals surface area (Å²) >= 11 is 1.45. The third kappa shape index (κ3) is 3.88. The number of amides is 3. The first-order valence-electron chi connectivity index (χ1n) is 10.7. The standard InChI is InChI=1S/C26H20N4O3S/c1-15-6-9-22(16(2)11-15)30-25(32)19-8-7-17(12-20(19)26(30)33)23(31)28-13-18-14-34-24(29-18)21-5-3-4-10-27-21/h3-12,14H,13H2,1-2H3,(H,28,31). The predicted octanol–water partition coefficient (Wildman–Crippen LogP) is 4.55. The van der Waals surface area contributed by atoms with Crippen molar-refractivity contribution in [2.24, 2.45) is 0 Å². The summed E-state index contributed by atoms with van der Waals surface area (Å²) < 4.78 is 0. The van der Waals surface area contributed by atoms with Crippen LogP contribution in [0.15, 0.2) is 66.2 Å². The molecule has 1 aliphatic rings. The zero-order chi connectivity index (χ0) is 23.8. The molecule has 3 amide bonds. The Morgan fingerprint density at radius 2 is 1.82 bits per heavy atom. The molecule has 2 aromatic heterocycles. The van der Waals surface area contributed by atoms with Gasteiger partial charge in [0.15, 0.2) is 0 Å². The fourth-order valence-electron chi connectivity index (χ4n) is 3.93. The van der Waals surface area contributed by atoms with Crippen molar-refractivity contribution in [1.82, 2.24) is 15.3 Å². The van der Waals surface area contributed by atoms with Gasteiger partial charge in [-0.05, 0) is 55.8 Å². The summed E-state index contributed by atoms with van der Waals surface area (Å²) in [6.07, 6.45) is 1.71. The minimum absolute atomic E-state index is 0.226. The van der Waals surface area contributed by atoms with E-state index in [1.807, 2.05) is 49.6 Å². The molecule has 8 heteroatoms. The molecule has 168 valence electrons. The minimum Gasteiger partial charge on any atom is -0.346 e. The molecule has 1 aliphatic heterocycles. The number of fused-ring (bicyclic) bond motifs is 1. The van der Waals surface area contributed by atoms with Crippen LogP contribution in [0, 0.1) is 13.8 Å². The van der Waals surface area contributed by atoms with Gasteiger partial charge < -0.3 is 5.32 Å². The van der Waals surface area contributed by atoms with Crippen LogP contribution < -0.4 is 10.2 Å². The predicted molar refractivity (Wildman–Crippen MR) is 130 cm³/mol. The number of carbonyl (C=O) groups excluding carboxylic acids is 3. The number of anilines is 1. The zero-order valence-corrected chi connectivity index (χ0v) is 19.3. The largest absolute Gasteiger partial charge is 0.346 e. The van der Waals surface area contributed by atoms with Gasteiger partial charge in [0.05, 0.1) is 34.7 Å². The van der Waals surface area contributed by atoms with Crippen LogP contribution in [0.2, 0.25) is 0 Å². The second-order valence-corrected chi connectivity index (χ2v) is 8.90. The topological polar surface area (TPSA) is 92.3 Å². The Balaban J connectivity index is 1.32. The average Bonchev–Trinajstić information content (AvgIpc) is 3.41. The van der Waals surface area contributed by atoms with Gasteiger partial charge >= 0.3 is 0 Å². The van der Waals surface area contributed by atoms with Gasteiger partial charge in [-0.1, -0.05) is 23.8 Å². The summed E-state index contributed by atoms with van der Waals surface area (Å²) in [6.45, 7) is 4.05. The number of carbonyl (C=O) groups is 3. The first kappa shape index (κ1) is 21.7. The number of benzene rings is 2. The molecular formula is C26H20N4O3S. The molecule has 0 aliphatic carbocycles. The van der Waals surface area contributed by atoms with Crippen LogP contribution in [0.5, 0.6) is 0 Å². The molecule has 7 nitrogen and oxygen atoms in total. The second kappa shape index (κ2) is 8.64. The van der Waals surface area contributed by atoms with Gasteiger partial charge in [0.1, 0.15) is 5.01 Å². The maximum atomic E-state index is 13.1. The molecule has 0 fully saturated rings. The third-order valence-corrected chi connectivity index (χ3v) is 6.52. The van der Waals surface area contributed by atoms with Crippen molar-refractivity contribution >= 4 is 34.7 Å². The molecule has 2 aromatic carbocycles. The van der Waals surface area contributed by atoms with Crippen LogP contribution in [0.3, 0.4) is 0 Å². The highest BCUT2D eigenvalue weighted by Gasteiger charge is 2.37. The van der Waals surface area contributed by atoms with E-state index in [2.05, 4.69) is 15.3 Å². The molecule has 0 saturated heterocycles. The van der Waals surface area contributed by atoms with Gasteiger partial charge in [0, 0.05) is 17.1 Å². The van der Waals surface area contributed by atoms with E-state index in [-0.39, 0.29) is 23.9 Å². The zero-order valence-electron chi connectivity index (χ0n) is 18.5. The van der Waals surface area contributed by atoms with Gasteiger partial charge in [-0.25, -0.2) is 9.88 Å². The van der Waals surface area contributed by atoms with E-state index in [0.29, 0.717) is 22.5 Å². The fourth-order valence-corrected chi connectivity index (χ4v) is 4.72. The summed E-state index contributed by atoms with van der Waals surface area (Å²) in [6, 6.07) is 15.8. The van der Waals surface area contributed by atoms with Crippen molar-refractivity contribution in [2.45, 2.75) is 20.4 Å². The van der Waals surface area contributed by atoms with Gasteiger partial charge in [0.2, 0.25) is 0 Å². The molecule has 0 radical (unpaired) electrons. The van der Waals surface area contributed by atoms with Gasteiger partial charge in [-0.2, -0.15) is 0 Å². The molecule has 3 heterocycles. The monoisotopic (exact) mass is 468 g/mol. The van der Waals surface area contributed by atoms with Crippen molar-refractivity contribution in [2.75, 3.05) is 4.90 Å². The van der Waals surface area contributed by atoms with E-state index in [9.17, 15) is 14.4 Å². The van der Waals surface area contributed by atoms with Crippen LogP contribution in [0.4, 0.5) is 5.69 Å². The normalized spacial score (nSPS) is 12.7. The maximum absolute atomic E-state index is 13.1. The Labute approximate surface area is 200 Å². The molecule has 34 heavy (non-hydrogen) atoms. The van der Waals surface area contributed by atoms with Crippen molar-refractivity contribution in [3.63, 3.8) is 0 Å². The lowest BCUT2D eigenvalue weighted by Crippen LogP contribution is -2.30. The molecule has 0 atom stereocenters. The Bertz CT molecular complexity index is 1450. The maximum Gasteiger partial charge on any atom is 0.266 e. The van der Waals surface area contributed by atoms with Crippen LogP contribution in [-0.4, -0.2) is 27.7 Å². The molecule has 0 saturated carbocycles. The summed E-state index contributed by atoms with van der Waals surface area (Å²) in [7, 11) is 0. The third-order valence-electron chi connectivity index (χ3n) is 5.61. The second-order valence-electron chi connectivity index (χ2n) is 8.04. The number of hydrogen-bond acceptors (Lipinski definition) is 6. The number of rotatable bonds is 5. The fraction of sp³-hybridized carbons (Fsp3) is 0.115. The SMILES string of the molecule is Cc1ccc(N2C(=O)c3ccc(C(=O)NCc4csc(-c5ccccn5)n4)cc3C2=O)c(C)c1. The molecule has 4 aromatic rings. The van der Waals surface area contributed by atoms with E-state index in [4.69, 9.17) is 0 Å². The summed E-state index contributed by atoms with van der Waals surface area (Å²) in [5.41, 5.74) is 4.75. The quantitative estimate of drug-likeness (QED) is 0.434. The van der Waals surface area contributed by atoms with Crippen LogP contribution >= 0.6 is 11.3 Å². The molecule has 5 rings (SSSR count). The number of pyridine rings is 1. The van der Waals surface area contributed by atoms with Gasteiger partial charge in [-0.3, -0.25) is 19.4 Å². The lowest BCUT2D eigenvalue weighted by molar-refractivity contribution is 0.0923. The number of hydrogen-bond donors (Lipinski definition) is 1. The number of aryl methyl sites for hydroxylation is 2. The Hall–Kier alpha value is -4.17. The number of aromatic nitrogens is 2. The van der Waals surface area contributed by atoms with E-state index < -0.39 is 5.91 Å². The first-order valence-corrected chi connectivity index (χ1v) is 11.5. The molecule has 0 spiro atoms. The van der Waals surface area contributed by atoms with Crippen LogP contribution in [0.1, 0.15) is 47.9 Å². The highest BCUT2D eigenvalue weighted by Crippen LogP contribution is 2.31. The highest BCUT2D eigenvalue weighted by molar-refractivity contribution is 7.13. The Kier molecular flexibility index (Phi) is 5.51. The lowest BCUT2D eigenvalue weighted by Gasteiger charge is -2.16. The van der Waals surface area contributed by atoms with E-state index in [1.54, 1.807) is 18.3 Å². The van der Waals surface area contributed by atoms with Crippen molar-refractivity contribution in [3.8, 4) is 10.7 Å². The summed E-state index contributed by atoms with van der Waals surface area (Å²) in [5, 5.41) is 5.48. The van der Waals surface area contributed by atoms with Crippen LogP contribution in [0.25, 0.3) is 10.7 Å². The van der Waals surface area contributed by atoms with Crippen molar-refractivity contribution < 1.29 is 14.4 Å². The number of nitrogens with one attached hydrogen (secondary N) is 1. The van der Waals surface area contributed by atoms with E-state index >= 15 is 0 Å². The molecule has 1 N–H and O–H groups in total. The Morgan fingerprint density at radius 3 is 2.59 bits per heavy atom. The van der Waals surface area contributed by atoms with Gasteiger partial charge in [0.25, 0.3) is 17.7 Å². The number of thiazole rings is 1. The van der Waals surface area contributed by atoms with E-state index in [0.717, 1.165) is 21.8 Å². The average molecular weight is 469 g/mol. The summed E-state index contributed by atoms with van der Waals surface area (Å²) in [5.74, 6) is -1.16.